The van der Waals surface area contributed by atoms with Crippen molar-refractivity contribution in [3.8, 4) is 17.0 Å². The molecule has 0 radical (unpaired) electrons. The number of ether oxygens (including phenoxy) is 3. The van der Waals surface area contributed by atoms with Crippen LogP contribution in [0.1, 0.15) is 104 Å². The topological polar surface area (TPSA) is 90.9 Å². The summed E-state index contributed by atoms with van der Waals surface area (Å²) in [6, 6.07) is 3.72. The predicted molar refractivity (Wildman–Crippen MR) is 160 cm³/mol. The fourth-order valence-corrected chi connectivity index (χ4v) is 6.04. The van der Waals surface area contributed by atoms with Gasteiger partial charge in [0.2, 0.25) is 0 Å². The minimum atomic E-state index is -0.940. The number of carbonyl (C=O) groups is 2. The molecule has 0 aromatic carbocycles. The molecule has 2 aromatic rings. The highest BCUT2D eigenvalue weighted by Gasteiger charge is 2.40. The summed E-state index contributed by atoms with van der Waals surface area (Å²) < 4.78 is 17.8. The summed E-state index contributed by atoms with van der Waals surface area (Å²) in [4.78, 5) is 37.2. The van der Waals surface area contributed by atoms with Gasteiger partial charge in [0.25, 0.3) is 0 Å². The van der Waals surface area contributed by atoms with E-state index in [0.717, 1.165) is 54.1 Å². The maximum absolute atomic E-state index is 13.6. The van der Waals surface area contributed by atoms with Crippen LogP contribution in [-0.4, -0.2) is 53.1 Å². The van der Waals surface area contributed by atoms with Gasteiger partial charge >= 0.3 is 5.97 Å². The molecule has 2 aromatic heterocycles. The number of piperidine rings is 1. The van der Waals surface area contributed by atoms with E-state index in [-0.39, 0.29) is 18.5 Å². The van der Waals surface area contributed by atoms with Crippen LogP contribution in [0.15, 0.2) is 24.5 Å². The van der Waals surface area contributed by atoms with Crippen LogP contribution in [-0.2, 0) is 19.1 Å². The van der Waals surface area contributed by atoms with E-state index in [1.165, 1.54) is 25.7 Å². The highest BCUT2D eigenvalue weighted by molar-refractivity contribution is 5.86. The van der Waals surface area contributed by atoms with E-state index in [0.29, 0.717) is 17.6 Å². The normalized spacial score (nSPS) is 17.6. The lowest BCUT2D eigenvalue weighted by molar-refractivity contribution is -0.171. The van der Waals surface area contributed by atoms with Crippen LogP contribution in [0.5, 0.6) is 5.75 Å². The molecular formula is C33H47N3O5. The minimum absolute atomic E-state index is 0.0261. The van der Waals surface area contributed by atoms with Gasteiger partial charge in [0, 0.05) is 42.5 Å². The summed E-state index contributed by atoms with van der Waals surface area (Å²) in [7, 11) is 0. The first kappa shape index (κ1) is 30.9. The Bertz CT molecular complexity index is 1200. The lowest BCUT2D eigenvalue weighted by atomic mass is 9.76. The highest BCUT2D eigenvalue weighted by atomic mass is 16.6. The van der Waals surface area contributed by atoms with Crippen LogP contribution < -0.4 is 9.64 Å². The zero-order valence-corrected chi connectivity index (χ0v) is 25.9. The lowest BCUT2D eigenvalue weighted by Gasteiger charge is -2.42. The van der Waals surface area contributed by atoms with Gasteiger partial charge in [0.05, 0.1) is 29.3 Å². The van der Waals surface area contributed by atoms with Crippen molar-refractivity contribution in [2.45, 2.75) is 111 Å². The molecule has 2 fully saturated rings. The Kier molecular flexibility index (Phi) is 9.73. The number of carbonyl (C=O) groups excluding carboxylic acids is 2. The maximum Gasteiger partial charge on any atom is 0.340 e. The Balaban J connectivity index is 1.79. The number of Topliss-reactive ketones (excluding diaryl/α,β-unsaturated/α-hetero) is 1. The Morgan fingerprint density at radius 2 is 1.71 bits per heavy atom. The molecule has 0 amide bonds. The molecular weight excluding hydrogens is 518 g/mol. The number of ketones is 1. The van der Waals surface area contributed by atoms with E-state index < -0.39 is 17.7 Å². The van der Waals surface area contributed by atoms with Crippen molar-refractivity contribution in [1.82, 2.24) is 9.97 Å². The maximum atomic E-state index is 13.6. The Hall–Kier alpha value is -3.00. The van der Waals surface area contributed by atoms with Gasteiger partial charge in [-0.25, -0.2) is 4.79 Å². The number of anilines is 1. The van der Waals surface area contributed by atoms with Crippen molar-refractivity contribution in [2.75, 3.05) is 24.6 Å². The zero-order valence-electron chi connectivity index (χ0n) is 25.9. The standard InChI is InChI=1S/C33H47N3O5/c1-8-24(37)21-39-25-11-12-27(35-19-25)26-20-34-23(4)28(30(41-32(5,6)7)31(38)40-22(2)3)29(26)36-17-15-33(16-18-36)13-9-10-14-33/h11-12,19-20,22,30H,8-10,13-18,21H2,1-7H3/t30-/m0/s1. The van der Waals surface area contributed by atoms with Gasteiger partial charge in [-0.3, -0.25) is 14.8 Å². The third-order valence-electron chi connectivity index (χ3n) is 8.20. The number of esters is 1. The first-order chi connectivity index (χ1) is 19.4. The number of hydrogen-bond acceptors (Lipinski definition) is 8. The molecule has 0 N–H and O–H groups in total. The monoisotopic (exact) mass is 565 g/mol. The summed E-state index contributed by atoms with van der Waals surface area (Å²) in [5.41, 5.74) is 3.80. The Morgan fingerprint density at radius 3 is 2.27 bits per heavy atom. The molecule has 41 heavy (non-hydrogen) atoms. The number of nitrogens with zero attached hydrogens (tertiary/aromatic N) is 3. The van der Waals surface area contributed by atoms with Crippen LogP contribution in [0.25, 0.3) is 11.3 Å². The van der Waals surface area contributed by atoms with Gasteiger partial charge in [-0.05, 0) is 84.8 Å². The third-order valence-corrected chi connectivity index (χ3v) is 8.20. The number of aromatic nitrogens is 2. The Labute approximate surface area is 245 Å². The molecule has 1 spiro atoms. The Morgan fingerprint density at radius 1 is 1.02 bits per heavy atom. The molecule has 1 aliphatic heterocycles. The van der Waals surface area contributed by atoms with Gasteiger partial charge in [-0.15, -0.1) is 0 Å². The van der Waals surface area contributed by atoms with Crippen molar-refractivity contribution < 1.29 is 23.8 Å². The van der Waals surface area contributed by atoms with Crippen molar-refractivity contribution in [1.29, 1.82) is 0 Å². The number of hydrogen-bond donors (Lipinski definition) is 0. The first-order valence-corrected chi connectivity index (χ1v) is 15.1. The van der Waals surface area contributed by atoms with Crippen molar-refractivity contribution >= 4 is 17.4 Å². The van der Waals surface area contributed by atoms with Crippen molar-refractivity contribution in [3.63, 3.8) is 0 Å². The molecule has 8 nitrogen and oxygen atoms in total. The summed E-state index contributed by atoms with van der Waals surface area (Å²) in [5.74, 6) is 0.153. The third kappa shape index (κ3) is 7.64. The fourth-order valence-electron chi connectivity index (χ4n) is 6.04. The van der Waals surface area contributed by atoms with Gasteiger partial charge in [0.15, 0.2) is 11.9 Å². The van der Waals surface area contributed by atoms with Gasteiger partial charge in [-0.1, -0.05) is 19.8 Å². The number of aryl methyl sites for hydroxylation is 1. The first-order valence-electron chi connectivity index (χ1n) is 15.1. The molecule has 3 heterocycles. The molecule has 8 heteroatoms. The van der Waals surface area contributed by atoms with E-state index in [1.807, 2.05) is 66.8 Å². The van der Waals surface area contributed by atoms with E-state index in [9.17, 15) is 9.59 Å². The van der Waals surface area contributed by atoms with Crippen LogP contribution >= 0.6 is 0 Å². The van der Waals surface area contributed by atoms with E-state index in [2.05, 4.69) is 4.90 Å². The molecule has 2 aliphatic rings. The van der Waals surface area contributed by atoms with E-state index in [4.69, 9.17) is 24.2 Å². The number of rotatable bonds is 10. The zero-order chi connectivity index (χ0) is 29.8. The second-order valence-corrected chi connectivity index (χ2v) is 12.9. The molecule has 1 saturated carbocycles. The minimum Gasteiger partial charge on any atom is -0.484 e. The van der Waals surface area contributed by atoms with Crippen LogP contribution in [0.2, 0.25) is 0 Å². The summed E-state index contributed by atoms with van der Waals surface area (Å²) in [6.07, 6.45) is 10.2. The average Bonchev–Trinajstić information content (AvgIpc) is 3.38. The summed E-state index contributed by atoms with van der Waals surface area (Å²) >= 11 is 0. The van der Waals surface area contributed by atoms with Crippen molar-refractivity contribution in [2.24, 2.45) is 5.41 Å². The molecule has 0 bridgehead atoms. The second kappa shape index (κ2) is 12.9. The molecule has 4 rings (SSSR count). The lowest BCUT2D eigenvalue weighted by Crippen LogP contribution is -2.40. The average molecular weight is 566 g/mol. The summed E-state index contributed by atoms with van der Waals surface area (Å²) in [6.45, 7) is 15.1. The molecule has 1 saturated heterocycles. The van der Waals surface area contributed by atoms with Gasteiger partial charge in [-0.2, -0.15) is 0 Å². The van der Waals surface area contributed by atoms with E-state index >= 15 is 0 Å². The second-order valence-electron chi connectivity index (χ2n) is 12.9. The number of pyridine rings is 2. The highest BCUT2D eigenvalue weighted by Crippen LogP contribution is 2.49. The quantitative estimate of drug-likeness (QED) is 0.291. The summed E-state index contributed by atoms with van der Waals surface area (Å²) in [5, 5.41) is 0. The SMILES string of the molecule is CCC(=O)COc1ccc(-c2cnc(C)c([C@H](OC(C)(C)C)C(=O)OC(C)C)c2N2CCC3(CCCC3)CC2)nc1. The van der Waals surface area contributed by atoms with Crippen LogP contribution in [0, 0.1) is 12.3 Å². The van der Waals surface area contributed by atoms with Crippen LogP contribution in [0.3, 0.4) is 0 Å². The molecule has 224 valence electrons. The van der Waals surface area contributed by atoms with Gasteiger partial charge in [0.1, 0.15) is 12.4 Å². The largest absolute Gasteiger partial charge is 0.484 e. The smallest absolute Gasteiger partial charge is 0.340 e. The molecule has 1 atom stereocenters. The van der Waals surface area contributed by atoms with Crippen LogP contribution in [0.4, 0.5) is 5.69 Å². The van der Waals surface area contributed by atoms with Crippen molar-refractivity contribution in [3.05, 3.63) is 35.8 Å². The fraction of sp³-hybridized carbons (Fsp3) is 0.636. The molecule has 0 unspecified atom stereocenters. The van der Waals surface area contributed by atoms with E-state index in [1.54, 1.807) is 6.20 Å². The predicted octanol–water partition coefficient (Wildman–Crippen LogP) is 6.78. The van der Waals surface area contributed by atoms with Gasteiger partial charge < -0.3 is 19.1 Å². The molecule has 1 aliphatic carbocycles.